The molecule has 0 aromatic carbocycles. The molecule has 4 nitrogen and oxygen atoms in total. The topological polar surface area (TPSA) is 64.9 Å². The lowest BCUT2D eigenvalue weighted by molar-refractivity contribution is -0.117. The smallest absolute Gasteiger partial charge is 0.263 e. The highest BCUT2D eigenvalue weighted by atomic mass is 16.1. The first kappa shape index (κ1) is 11.5. The molecule has 0 spiro atoms. The van der Waals surface area contributed by atoms with Crippen molar-refractivity contribution in [3.63, 3.8) is 0 Å². The van der Waals surface area contributed by atoms with E-state index in [0.29, 0.717) is 6.54 Å². The Labute approximate surface area is 78.6 Å². The lowest BCUT2D eigenvalue weighted by Gasteiger charge is -2.06. The third kappa shape index (κ3) is 4.86. The molecule has 0 fully saturated rings. The van der Waals surface area contributed by atoms with Gasteiger partial charge in [0.1, 0.15) is 11.6 Å². The lowest BCUT2D eigenvalue weighted by atomic mass is 10.2. The van der Waals surface area contributed by atoms with Gasteiger partial charge in [-0.3, -0.25) is 4.79 Å². The zero-order valence-corrected chi connectivity index (χ0v) is 8.22. The van der Waals surface area contributed by atoms with E-state index < -0.39 is 0 Å². The number of amides is 1. The second kappa shape index (κ2) is 6.06. The standard InChI is InChI=1S/C9H15N3O/c1-4-11-6-8(5-10)9(13)12-7(2)3/h6-7,11H,4H2,1-3H3,(H,12,13)/b8-6-. The molecule has 0 saturated heterocycles. The molecule has 2 N–H and O–H groups in total. The Morgan fingerprint density at radius 1 is 1.62 bits per heavy atom. The predicted octanol–water partition coefficient (Wildman–Crippen LogP) is 0.528. The average molecular weight is 181 g/mol. The molecule has 0 atom stereocenters. The molecule has 13 heavy (non-hydrogen) atoms. The van der Waals surface area contributed by atoms with Crippen LogP contribution >= 0.6 is 0 Å². The average Bonchev–Trinajstić information content (AvgIpc) is 2.04. The molecule has 0 aliphatic carbocycles. The van der Waals surface area contributed by atoms with E-state index in [1.54, 1.807) is 0 Å². The van der Waals surface area contributed by atoms with Crippen LogP contribution in [0.1, 0.15) is 20.8 Å². The minimum Gasteiger partial charge on any atom is -0.390 e. The largest absolute Gasteiger partial charge is 0.390 e. The minimum absolute atomic E-state index is 0.0471. The van der Waals surface area contributed by atoms with Gasteiger partial charge in [-0.2, -0.15) is 5.26 Å². The molecule has 0 aliphatic heterocycles. The van der Waals surface area contributed by atoms with E-state index in [9.17, 15) is 4.79 Å². The van der Waals surface area contributed by atoms with Gasteiger partial charge in [-0.05, 0) is 20.8 Å². The van der Waals surface area contributed by atoms with Crippen molar-refractivity contribution >= 4 is 5.91 Å². The minimum atomic E-state index is -0.335. The molecule has 0 unspecified atom stereocenters. The van der Waals surface area contributed by atoms with Crippen LogP contribution in [0.3, 0.4) is 0 Å². The summed E-state index contributed by atoms with van der Waals surface area (Å²) in [6.07, 6.45) is 1.43. The Balaban J connectivity index is 4.26. The van der Waals surface area contributed by atoms with Crippen LogP contribution in [0.4, 0.5) is 0 Å². The number of carbonyl (C=O) groups is 1. The van der Waals surface area contributed by atoms with E-state index in [-0.39, 0.29) is 17.5 Å². The van der Waals surface area contributed by atoms with Gasteiger partial charge in [0, 0.05) is 18.8 Å². The Morgan fingerprint density at radius 3 is 2.62 bits per heavy atom. The van der Waals surface area contributed by atoms with Gasteiger partial charge in [0.25, 0.3) is 5.91 Å². The molecular weight excluding hydrogens is 166 g/mol. The van der Waals surface area contributed by atoms with Crippen LogP contribution < -0.4 is 10.6 Å². The molecule has 72 valence electrons. The molecule has 1 amide bonds. The first-order chi connectivity index (χ1) is 6.11. The first-order valence-electron chi connectivity index (χ1n) is 4.26. The number of hydrogen-bond donors (Lipinski definition) is 2. The second-order valence-corrected chi connectivity index (χ2v) is 2.86. The highest BCUT2D eigenvalue weighted by Crippen LogP contribution is 1.91. The molecule has 0 aromatic rings. The van der Waals surface area contributed by atoms with E-state index in [4.69, 9.17) is 5.26 Å². The maximum Gasteiger partial charge on any atom is 0.263 e. The van der Waals surface area contributed by atoms with Crippen molar-refractivity contribution in [3.8, 4) is 6.07 Å². The highest BCUT2D eigenvalue weighted by Gasteiger charge is 2.08. The third-order valence-electron chi connectivity index (χ3n) is 1.24. The van der Waals surface area contributed by atoms with Gasteiger partial charge >= 0.3 is 0 Å². The summed E-state index contributed by atoms with van der Waals surface area (Å²) in [5, 5.41) is 14.1. The maximum absolute atomic E-state index is 11.2. The summed E-state index contributed by atoms with van der Waals surface area (Å²) in [5.74, 6) is -0.335. The van der Waals surface area contributed by atoms with Gasteiger partial charge in [0.05, 0.1) is 0 Å². The van der Waals surface area contributed by atoms with Crippen LogP contribution in [0.2, 0.25) is 0 Å². The molecule has 0 aliphatic rings. The van der Waals surface area contributed by atoms with Crippen molar-refractivity contribution in [2.45, 2.75) is 26.8 Å². The third-order valence-corrected chi connectivity index (χ3v) is 1.24. The van der Waals surface area contributed by atoms with E-state index in [1.807, 2.05) is 26.8 Å². The summed E-state index contributed by atoms with van der Waals surface area (Å²) >= 11 is 0. The lowest BCUT2D eigenvalue weighted by Crippen LogP contribution is -2.31. The van der Waals surface area contributed by atoms with E-state index in [2.05, 4.69) is 10.6 Å². The van der Waals surface area contributed by atoms with Crippen molar-refractivity contribution in [2.75, 3.05) is 6.54 Å². The Bertz CT molecular complexity index is 238. The van der Waals surface area contributed by atoms with Gasteiger partial charge in [-0.25, -0.2) is 0 Å². The predicted molar refractivity (Wildman–Crippen MR) is 50.7 cm³/mol. The van der Waals surface area contributed by atoms with Crippen LogP contribution in [0.15, 0.2) is 11.8 Å². The number of carbonyl (C=O) groups excluding carboxylic acids is 1. The molecule has 0 bridgehead atoms. The van der Waals surface area contributed by atoms with Crippen LogP contribution in [-0.4, -0.2) is 18.5 Å². The summed E-state index contributed by atoms with van der Waals surface area (Å²) in [6, 6.07) is 1.88. The van der Waals surface area contributed by atoms with Gasteiger partial charge in [0.15, 0.2) is 0 Å². The summed E-state index contributed by atoms with van der Waals surface area (Å²) in [5.41, 5.74) is 0.107. The number of nitrogens with zero attached hydrogens (tertiary/aromatic N) is 1. The molecule has 0 aromatic heterocycles. The molecule has 0 heterocycles. The van der Waals surface area contributed by atoms with Gasteiger partial charge in [-0.1, -0.05) is 0 Å². The monoisotopic (exact) mass is 181 g/mol. The van der Waals surface area contributed by atoms with Crippen LogP contribution in [0.5, 0.6) is 0 Å². The fraction of sp³-hybridized carbons (Fsp3) is 0.556. The number of rotatable bonds is 4. The Hall–Kier alpha value is -1.50. The van der Waals surface area contributed by atoms with E-state index >= 15 is 0 Å². The van der Waals surface area contributed by atoms with Crippen molar-refractivity contribution < 1.29 is 4.79 Å². The van der Waals surface area contributed by atoms with Crippen LogP contribution in [0, 0.1) is 11.3 Å². The Morgan fingerprint density at radius 2 is 2.23 bits per heavy atom. The first-order valence-corrected chi connectivity index (χ1v) is 4.26. The zero-order chi connectivity index (χ0) is 10.3. The van der Waals surface area contributed by atoms with Crippen molar-refractivity contribution in [1.82, 2.24) is 10.6 Å². The number of nitrogens with one attached hydrogen (secondary N) is 2. The summed E-state index contributed by atoms with van der Waals surface area (Å²) < 4.78 is 0. The number of hydrogen-bond acceptors (Lipinski definition) is 3. The zero-order valence-electron chi connectivity index (χ0n) is 8.22. The van der Waals surface area contributed by atoms with Crippen LogP contribution in [-0.2, 0) is 4.79 Å². The van der Waals surface area contributed by atoms with Gasteiger partial charge in [-0.15, -0.1) is 0 Å². The molecular formula is C9H15N3O. The molecule has 0 rings (SSSR count). The van der Waals surface area contributed by atoms with Crippen molar-refractivity contribution in [3.05, 3.63) is 11.8 Å². The quantitative estimate of drug-likeness (QED) is 0.491. The highest BCUT2D eigenvalue weighted by molar-refractivity contribution is 5.97. The Kier molecular flexibility index (Phi) is 5.37. The summed E-state index contributed by atoms with van der Waals surface area (Å²) in [7, 11) is 0. The second-order valence-electron chi connectivity index (χ2n) is 2.86. The SMILES string of the molecule is CCN/C=C(/C#N)C(=O)NC(C)C. The van der Waals surface area contributed by atoms with Crippen molar-refractivity contribution in [2.24, 2.45) is 0 Å². The van der Waals surface area contributed by atoms with E-state index in [0.717, 1.165) is 0 Å². The molecule has 0 saturated carbocycles. The van der Waals surface area contributed by atoms with Gasteiger partial charge < -0.3 is 10.6 Å². The van der Waals surface area contributed by atoms with Crippen molar-refractivity contribution in [1.29, 1.82) is 5.26 Å². The number of nitriles is 1. The molecule has 0 radical (unpaired) electrons. The fourth-order valence-electron chi connectivity index (χ4n) is 0.693. The van der Waals surface area contributed by atoms with Gasteiger partial charge in [0.2, 0.25) is 0 Å². The van der Waals surface area contributed by atoms with Crippen LogP contribution in [0.25, 0.3) is 0 Å². The summed E-state index contributed by atoms with van der Waals surface area (Å²) in [6.45, 7) is 6.28. The fourth-order valence-corrected chi connectivity index (χ4v) is 0.693. The normalized spacial score (nSPS) is 10.8. The maximum atomic E-state index is 11.2. The molecule has 4 heteroatoms. The summed E-state index contributed by atoms with van der Waals surface area (Å²) in [4.78, 5) is 11.2. The van der Waals surface area contributed by atoms with E-state index in [1.165, 1.54) is 6.20 Å².